The molecule has 28 heavy (non-hydrogen) atoms. The van der Waals surface area contributed by atoms with Crippen LogP contribution in [0.1, 0.15) is 15.9 Å². The van der Waals surface area contributed by atoms with E-state index in [0.717, 1.165) is 9.20 Å². The number of esters is 1. The van der Waals surface area contributed by atoms with Crippen molar-refractivity contribution in [3.8, 4) is 0 Å². The third kappa shape index (κ3) is 5.34. The molecule has 150 valence electrons. The van der Waals surface area contributed by atoms with E-state index >= 15 is 0 Å². The van der Waals surface area contributed by atoms with Crippen LogP contribution in [0.25, 0.3) is 0 Å². The number of anilines is 1. The molecule has 2 aromatic carbocycles. The third-order valence-corrected chi connectivity index (χ3v) is 6.59. The van der Waals surface area contributed by atoms with Crippen molar-refractivity contribution in [2.45, 2.75) is 16.7 Å². The van der Waals surface area contributed by atoms with Gasteiger partial charge in [0.05, 0.1) is 10.5 Å². The molecule has 0 aliphatic heterocycles. The molecule has 2 aromatic rings. The van der Waals surface area contributed by atoms with E-state index in [1.54, 1.807) is 55.1 Å². The maximum Gasteiger partial charge on any atom is 0.338 e. The van der Waals surface area contributed by atoms with E-state index in [0.29, 0.717) is 16.8 Å². The zero-order chi connectivity index (χ0) is 20.9. The molecule has 0 bridgehead atoms. The van der Waals surface area contributed by atoms with Crippen molar-refractivity contribution >= 4 is 39.3 Å². The summed E-state index contributed by atoms with van der Waals surface area (Å²) < 4.78 is 30.8. The molecule has 2 rings (SSSR count). The second kappa shape index (κ2) is 9.22. The van der Waals surface area contributed by atoms with Crippen molar-refractivity contribution in [1.82, 2.24) is 4.31 Å². The molecule has 0 saturated carbocycles. The van der Waals surface area contributed by atoms with Crippen LogP contribution in [0.15, 0.2) is 52.3 Å². The molecule has 0 aromatic heterocycles. The van der Waals surface area contributed by atoms with Gasteiger partial charge in [0.25, 0.3) is 5.91 Å². The van der Waals surface area contributed by atoms with Gasteiger partial charge in [0.2, 0.25) is 10.0 Å². The van der Waals surface area contributed by atoms with Crippen LogP contribution < -0.4 is 5.32 Å². The first-order chi connectivity index (χ1) is 13.1. The van der Waals surface area contributed by atoms with Crippen LogP contribution in [0.4, 0.5) is 5.69 Å². The summed E-state index contributed by atoms with van der Waals surface area (Å²) in [6.45, 7) is 1.19. The van der Waals surface area contributed by atoms with Crippen LogP contribution in [0, 0.1) is 6.92 Å². The van der Waals surface area contributed by atoms with Gasteiger partial charge in [0, 0.05) is 24.7 Å². The Bertz CT molecular complexity index is 970. The summed E-state index contributed by atoms with van der Waals surface area (Å²) in [5.74, 6) is -1.17. The molecule has 0 radical (unpaired) electrons. The predicted molar refractivity (Wildman–Crippen MR) is 109 cm³/mol. The Labute approximate surface area is 169 Å². The highest BCUT2D eigenvalue weighted by atomic mass is 32.2. The Kier molecular flexibility index (Phi) is 7.22. The van der Waals surface area contributed by atoms with E-state index in [4.69, 9.17) is 4.74 Å². The number of sulfonamides is 1. The molecule has 9 heteroatoms. The Morgan fingerprint density at radius 3 is 2.32 bits per heavy atom. The van der Waals surface area contributed by atoms with Crippen LogP contribution in [0.2, 0.25) is 0 Å². The van der Waals surface area contributed by atoms with Gasteiger partial charge >= 0.3 is 5.97 Å². The number of hydrogen-bond acceptors (Lipinski definition) is 6. The molecule has 0 spiro atoms. The minimum absolute atomic E-state index is 0.0983. The van der Waals surface area contributed by atoms with Gasteiger partial charge in [-0.1, -0.05) is 6.07 Å². The van der Waals surface area contributed by atoms with E-state index < -0.39 is 28.5 Å². The van der Waals surface area contributed by atoms with Crippen molar-refractivity contribution in [3.63, 3.8) is 0 Å². The highest BCUT2D eigenvalue weighted by Crippen LogP contribution is 2.22. The molecular formula is C19H22N2O5S2. The summed E-state index contributed by atoms with van der Waals surface area (Å²) in [6.07, 6.45) is 1.93. The first-order valence-corrected chi connectivity index (χ1v) is 11.0. The van der Waals surface area contributed by atoms with Gasteiger partial charge in [0.15, 0.2) is 6.61 Å². The zero-order valence-electron chi connectivity index (χ0n) is 16.1. The average Bonchev–Trinajstić information content (AvgIpc) is 2.67. The fourth-order valence-electron chi connectivity index (χ4n) is 2.29. The highest BCUT2D eigenvalue weighted by molar-refractivity contribution is 7.98. The molecular weight excluding hydrogens is 400 g/mol. The van der Waals surface area contributed by atoms with Gasteiger partial charge < -0.3 is 10.1 Å². The standard InChI is InChI=1S/C19H22N2O5S2/c1-13-5-8-15(11-17(13)28(24,25)21(2)3)20-18(22)12-26-19(23)14-6-9-16(27-4)10-7-14/h5-11H,12H2,1-4H3,(H,20,22). The van der Waals surface area contributed by atoms with Crippen LogP contribution in [0.5, 0.6) is 0 Å². The van der Waals surface area contributed by atoms with Gasteiger partial charge in [-0.05, 0) is 55.1 Å². The Morgan fingerprint density at radius 1 is 1.11 bits per heavy atom. The zero-order valence-corrected chi connectivity index (χ0v) is 17.7. The lowest BCUT2D eigenvalue weighted by Crippen LogP contribution is -2.24. The van der Waals surface area contributed by atoms with Crippen LogP contribution in [0.3, 0.4) is 0 Å². The number of aryl methyl sites for hydroxylation is 1. The van der Waals surface area contributed by atoms with Gasteiger partial charge in [-0.25, -0.2) is 17.5 Å². The second-order valence-electron chi connectivity index (χ2n) is 6.12. The normalized spacial score (nSPS) is 11.3. The Hall–Kier alpha value is -2.36. The maximum atomic E-state index is 12.4. The fraction of sp³-hybridized carbons (Fsp3) is 0.263. The van der Waals surface area contributed by atoms with Gasteiger partial charge in [0.1, 0.15) is 0 Å². The van der Waals surface area contributed by atoms with Crippen molar-refractivity contribution < 1.29 is 22.7 Å². The van der Waals surface area contributed by atoms with Crippen molar-refractivity contribution in [2.75, 3.05) is 32.3 Å². The number of hydrogen-bond donors (Lipinski definition) is 1. The van der Waals surface area contributed by atoms with Crippen molar-refractivity contribution in [1.29, 1.82) is 0 Å². The molecule has 0 aliphatic carbocycles. The molecule has 1 amide bonds. The van der Waals surface area contributed by atoms with Crippen molar-refractivity contribution in [3.05, 3.63) is 53.6 Å². The predicted octanol–water partition coefficient (Wildman–Crippen LogP) is 2.76. The van der Waals surface area contributed by atoms with E-state index in [1.165, 1.54) is 20.2 Å². The minimum atomic E-state index is -3.64. The summed E-state index contributed by atoms with van der Waals surface area (Å²) in [6, 6.07) is 11.4. The first-order valence-electron chi connectivity index (χ1n) is 8.29. The van der Waals surface area contributed by atoms with Gasteiger partial charge in [-0.2, -0.15) is 0 Å². The summed E-state index contributed by atoms with van der Waals surface area (Å²) in [5, 5.41) is 2.54. The molecule has 0 atom stereocenters. The summed E-state index contributed by atoms with van der Waals surface area (Å²) >= 11 is 1.55. The average molecular weight is 423 g/mol. The lowest BCUT2D eigenvalue weighted by atomic mass is 10.2. The van der Waals surface area contributed by atoms with Gasteiger partial charge in [-0.15, -0.1) is 11.8 Å². The van der Waals surface area contributed by atoms with Crippen LogP contribution in [-0.2, 0) is 19.6 Å². The Morgan fingerprint density at radius 2 is 1.75 bits per heavy atom. The lowest BCUT2D eigenvalue weighted by molar-refractivity contribution is -0.119. The van der Waals surface area contributed by atoms with E-state index in [9.17, 15) is 18.0 Å². The summed E-state index contributed by atoms with van der Waals surface area (Å²) in [7, 11) is -0.767. The van der Waals surface area contributed by atoms with Crippen LogP contribution >= 0.6 is 11.8 Å². The SMILES string of the molecule is CSc1ccc(C(=O)OCC(=O)Nc2ccc(C)c(S(=O)(=O)N(C)C)c2)cc1. The highest BCUT2D eigenvalue weighted by Gasteiger charge is 2.20. The number of carbonyl (C=O) groups excluding carboxylic acids is 2. The first kappa shape index (κ1) is 21.9. The second-order valence-corrected chi connectivity index (χ2v) is 9.12. The molecule has 0 aliphatic rings. The molecule has 1 N–H and O–H groups in total. The largest absolute Gasteiger partial charge is 0.452 e. The van der Waals surface area contributed by atoms with Crippen LogP contribution in [-0.4, -0.2) is 51.6 Å². The number of carbonyl (C=O) groups is 2. The van der Waals surface area contributed by atoms with E-state index in [-0.39, 0.29) is 4.90 Å². The van der Waals surface area contributed by atoms with Crippen molar-refractivity contribution in [2.24, 2.45) is 0 Å². The molecule has 0 fully saturated rings. The third-order valence-electron chi connectivity index (χ3n) is 3.89. The molecule has 7 nitrogen and oxygen atoms in total. The number of rotatable bonds is 7. The molecule has 0 unspecified atom stereocenters. The molecule has 0 heterocycles. The van der Waals surface area contributed by atoms with E-state index in [2.05, 4.69) is 5.32 Å². The Balaban J connectivity index is 2.02. The number of benzene rings is 2. The number of nitrogens with zero attached hydrogens (tertiary/aromatic N) is 1. The number of thioether (sulfide) groups is 1. The quantitative estimate of drug-likeness (QED) is 0.545. The van der Waals surface area contributed by atoms with E-state index in [1.807, 2.05) is 6.26 Å². The topological polar surface area (TPSA) is 92.8 Å². The summed E-state index contributed by atoms with van der Waals surface area (Å²) in [5.41, 5.74) is 1.21. The molecule has 0 saturated heterocycles. The minimum Gasteiger partial charge on any atom is -0.452 e. The maximum absolute atomic E-state index is 12.4. The number of nitrogens with one attached hydrogen (secondary N) is 1. The lowest BCUT2D eigenvalue weighted by Gasteiger charge is -2.15. The monoisotopic (exact) mass is 422 g/mol. The summed E-state index contributed by atoms with van der Waals surface area (Å²) in [4.78, 5) is 25.2. The fourth-order valence-corrected chi connectivity index (χ4v) is 3.84. The van der Waals surface area contributed by atoms with Gasteiger partial charge in [-0.3, -0.25) is 4.79 Å². The smallest absolute Gasteiger partial charge is 0.338 e. The number of amides is 1. The number of ether oxygens (including phenoxy) is 1.